The molecule has 0 aromatic carbocycles. The number of hydrogen-bond acceptors (Lipinski definition) is 1. The zero-order chi connectivity index (χ0) is 6.69. The smallest absolute Gasteiger partial charge is 0.0262 e. The van der Waals surface area contributed by atoms with Crippen molar-refractivity contribution in [3.05, 3.63) is 0 Å². The van der Waals surface area contributed by atoms with Crippen molar-refractivity contribution in [1.29, 1.82) is 0 Å². The van der Waals surface area contributed by atoms with Crippen LogP contribution >= 0.6 is 24.2 Å². The second kappa shape index (κ2) is 3.72. The molecule has 0 aliphatic heterocycles. The van der Waals surface area contributed by atoms with E-state index in [1.807, 2.05) is 0 Å². The van der Waals surface area contributed by atoms with E-state index in [0.717, 1.165) is 5.88 Å². The fourth-order valence-corrected chi connectivity index (χ4v) is 2.30. The summed E-state index contributed by atoms with van der Waals surface area (Å²) in [5.74, 6) is 1.48. The molecule has 0 saturated heterocycles. The van der Waals surface area contributed by atoms with Crippen molar-refractivity contribution in [1.82, 2.24) is 0 Å². The predicted octanol–water partition coefficient (Wildman–Crippen LogP) is 2.71. The Morgan fingerprint density at radius 1 is 1.33 bits per heavy atom. The molecule has 9 heavy (non-hydrogen) atoms. The van der Waals surface area contributed by atoms with Crippen molar-refractivity contribution in [3.63, 3.8) is 0 Å². The van der Waals surface area contributed by atoms with Gasteiger partial charge in [0.05, 0.1) is 0 Å². The summed E-state index contributed by atoms with van der Waals surface area (Å²) in [6.45, 7) is 0. The fraction of sp³-hybridized carbons (Fsp3) is 1.00. The van der Waals surface area contributed by atoms with Gasteiger partial charge in [0.1, 0.15) is 0 Å². The van der Waals surface area contributed by atoms with Crippen LogP contribution in [0.1, 0.15) is 25.7 Å². The fourth-order valence-electron chi connectivity index (χ4n) is 1.37. The van der Waals surface area contributed by atoms with Gasteiger partial charge in [0.2, 0.25) is 0 Å². The number of thiol groups is 1. The van der Waals surface area contributed by atoms with Crippen LogP contribution in [-0.2, 0) is 0 Å². The van der Waals surface area contributed by atoms with Crippen molar-refractivity contribution >= 4 is 24.2 Å². The maximum atomic E-state index is 5.73. The first-order valence-corrected chi connectivity index (χ1v) is 4.63. The average Bonchev–Trinajstić information content (AvgIpc) is 1.89. The third kappa shape index (κ3) is 2.05. The molecule has 0 unspecified atom stereocenters. The summed E-state index contributed by atoms with van der Waals surface area (Å²) in [7, 11) is 0. The van der Waals surface area contributed by atoms with Gasteiger partial charge in [-0.2, -0.15) is 12.6 Å². The molecule has 0 amide bonds. The van der Waals surface area contributed by atoms with Crippen LogP contribution in [0.3, 0.4) is 0 Å². The Morgan fingerprint density at radius 3 is 2.44 bits per heavy atom. The SMILES string of the molecule is S[C@@H]1CCCC[C@@H]1CCl. The van der Waals surface area contributed by atoms with Gasteiger partial charge in [-0.05, 0) is 18.8 Å². The molecule has 0 aromatic heterocycles. The second-order valence-electron chi connectivity index (χ2n) is 2.77. The minimum Gasteiger partial charge on any atom is -0.176 e. The van der Waals surface area contributed by atoms with E-state index < -0.39 is 0 Å². The van der Waals surface area contributed by atoms with E-state index in [2.05, 4.69) is 12.6 Å². The van der Waals surface area contributed by atoms with Crippen LogP contribution in [0.5, 0.6) is 0 Å². The summed E-state index contributed by atoms with van der Waals surface area (Å²) >= 11 is 10.2. The Hall–Kier alpha value is 0.640. The maximum Gasteiger partial charge on any atom is 0.0262 e. The molecule has 1 saturated carbocycles. The number of rotatable bonds is 1. The molecule has 1 fully saturated rings. The first-order valence-electron chi connectivity index (χ1n) is 3.58. The minimum absolute atomic E-state index is 0.580. The molecule has 0 nitrogen and oxygen atoms in total. The molecule has 0 N–H and O–H groups in total. The molecular weight excluding hydrogens is 152 g/mol. The Labute approximate surface area is 67.4 Å². The Morgan fingerprint density at radius 2 is 2.00 bits per heavy atom. The minimum atomic E-state index is 0.580. The zero-order valence-electron chi connectivity index (χ0n) is 5.52. The van der Waals surface area contributed by atoms with Gasteiger partial charge in [0.25, 0.3) is 0 Å². The predicted molar refractivity (Wildman–Crippen MR) is 45.5 cm³/mol. The number of hydrogen-bond donors (Lipinski definition) is 1. The topological polar surface area (TPSA) is 0 Å². The highest BCUT2D eigenvalue weighted by Gasteiger charge is 2.20. The van der Waals surface area contributed by atoms with Crippen LogP contribution in [0.15, 0.2) is 0 Å². The van der Waals surface area contributed by atoms with Gasteiger partial charge in [-0.3, -0.25) is 0 Å². The summed E-state index contributed by atoms with van der Waals surface area (Å²) in [6, 6.07) is 0. The highest BCUT2D eigenvalue weighted by atomic mass is 35.5. The average molecular weight is 165 g/mol. The molecule has 54 valence electrons. The van der Waals surface area contributed by atoms with Crippen LogP contribution in [0.4, 0.5) is 0 Å². The second-order valence-corrected chi connectivity index (χ2v) is 3.74. The maximum absolute atomic E-state index is 5.73. The Kier molecular flexibility index (Phi) is 3.20. The van der Waals surface area contributed by atoms with Gasteiger partial charge < -0.3 is 0 Å². The molecule has 1 aliphatic carbocycles. The van der Waals surface area contributed by atoms with Crippen LogP contribution in [0.2, 0.25) is 0 Å². The van der Waals surface area contributed by atoms with E-state index in [9.17, 15) is 0 Å². The lowest BCUT2D eigenvalue weighted by Crippen LogP contribution is -2.20. The van der Waals surface area contributed by atoms with Gasteiger partial charge in [-0.25, -0.2) is 0 Å². The van der Waals surface area contributed by atoms with Crippen molar-refractivity contribution in [2.75, 3.05) is 5.88 Å². The molecule has 0 radical (unpaired) electrons. The van der Waals surface area contributed by atoms with Gasteiger partial charge in [0.15, 0.2) is 0 Å². The van der Waals surface area contributed by atoms with Gasteiger partial charge >= 0.3 is 0 Å². The van der Waals surface area contributed by atoms with E-state index in [4.69, 9.17) is 11.6 Å². The van der Waals surface area contributed by atoms with E-state index >= 15 is 0 Å². The first kappa shape index (κ1) is 7.74. The number of halogens is 1. The lowest BCUT2D eigenvalue weighted by atomic mass is 9.90. The van der Waals surface area contributed by atoms with Crippen molar-refractivity contribution in [3.8, 4) is 0 Å². The molecule has 2 heteroatoms. The quantitative estimate of drug-likeness (QED) is 0.447. The molecule has 0 aromatic rings. The van der Waals surface area contributed by atoms with Crippen LogP contribution in [0, 0.1) is 5.92 Å². The summed E-state index contributed by atoms with van der Waals surface area (Å²) < 4.78 is 0. The normalized spacial score (nSPS) is 36.7. The number of alkyl halides is 1. The molecule has 0 spiro atoms. The largest absolute Gasteiger partial charge is 0.176 e. The molecule has 2 atom stereocenters. The molecule has 1 rings (SSSR count). The Bertz CT molecular complexity index is 85.0. The lowest BCUT2D eigenvalue weighted by Gasteiger charge is -2.25. The highest BCUT2D eigenvalue weighted by Crippen LogP contribution is 2.28. The molecular formula is C7H13ClS. The van der Waals surface area contributed by atoms with Crippen molar-refractivity contribution in [2.24, 2.45) is 5.92 Å². The summed E-state index contributed by atoms with van der Waals surface area (Å²) in [4.78, 5) is 0. The standard InChI is InChI=1S/C7H13ClS/c8-5-6-3-1-2-4-7(6)9/h6-7,9H,1-5H2/t6-,7-/m1/s1. The first-order chi connectivity index (χ1) is 4.34. The van der Waals surface area contributed by atoms with Gasteiger partial charge in [0, 0.05) is 11.1 Å². The molecule has 1 aliphatic rings. The lowest BCUT2D eigenvalue weighted by molar-refractivity contribution is 0.403. The third-order valence-corrected chi connectivity index (χ3v) is 3.14. The highest BCUT2D eigenvalue weighted by molar-refractivity contribution is 7.81. The van der Waals surface area contributed by atoms with E-state index in [1.54, 1.807) is 0 Å². The molecule has 0 bridgehead atoms. The summed E-state index contributed by atoms with van der Waals surface area (Å²) in [6.07, 6.45) is 5.26. The summed E-state index contributed by atoms with van der Waals surface area (Å²) in [5.41, 5.74) is 0. The van der Waals surface area contributed by atoms with Crippen LogP contribution in [-0.4, -0.2) is 11.1 Å². The van der Waals surface area contributed by atoms with E-state index in [0.29, 0.717) is 11.2 Å². The monoisotopic (exact) mass is 164 g/mol. The van der Waals surface area contributed by atoms with Crippen molar-refractivity contribution in [2.45, 2.75) is 30.9 Å². The summed E-state index contributed by atoms with van der Waals surface area (Å²) in [5, 5.41) is 0.580. The van der Waals surface area contributed by atoms with E-state index in [-0.39, 0.29) is 0 Å². The molecule has 0 heterocycles. The Balaban J connectivity index is 2.30. The van der Waals surface area contributed by atoms with Crippen molar-refractivity contribution < 1.29 is 0 Å². The zero-order valence-corrected chi connectivity index (χ0v) is 7.17. The van der Waals surface area contributed by atoms with E-state index in [1.165, 1.54) is 25.7 Å². The van der Waals surface area contributed by atoms with Gasteiger partial charge in [-0.15, -0.1) is 11.6 Å². The third-order valence-electron chi connectivity index (χ3n) is 2.07. The van der Waals surface area contributed by atoms with Gasteiger partial charge in [-0.1, -0.05) is 12.8 Å². The van der Waals surface area contributed by atoms with Crippen LogP contribution < -0.4 is 0 Å². The van der Waals surface area contributed by atoms with Crippen LogP contribution in [0.25, 0.3) is 0 Å².